The first kappa shape index (κ1) is 13.0. The summed E-state index contributed by atoms with van der Waals surface area (Å²) in [6.45, 7) is 11.9. The Morgan fingerprint density at radius 2 is 2.06 bits per heavy atom. The van der Waals surface area contributed by atoms with Gasteiger partial charge in [0.05, 0.1) is 18.4 Å². The van der Waals surface area contributed by atoms with Gasteiger partial charge in [0.25, 0.3) is 0 Å². The first-order valence-corrected chi connectivity index (χ1v) is 5.91. The summed E-state index contributed by atoms with van der Waals surface area (Å²) in [6.07, 6.45) is 2.35. The minimum Gasteiger partial charge on any atom is -0.377 e. The Labute approximate surface area is 98.0 Å². The van der Waals surface area contributed by atoms with Crippen LogP contribution in [0.2, 0.25) is 0 Å². The number of nitrogens with zero attached hydrogens (tertiary/aromatic N) is 2. The molecule has 4 nitrogen and oxygen atoms in total. The number of aromatic nitrogens is 2. The van der Waals surface area contributed by atoms with Crippen LogP contribution >= 0.6 is 0 Å². The van der Waals surface area contributed by atoms with Crippen molar-refractivity contribution in [3.05, 3.63) is 11.9 Å². The fourth-order valence-electron chi connectivity index (χ4n) is 1.50. The van der Waals surface area contributed by atoms with Crippen LogP contribution in [0.25, 0.3) is 0 Å². The van der Waals surface area contributed by atoms with Gasteiger partial charge in [-0.15, -0.1) is 0 Å². The van der Waals surface area contributed by atoms with E-state index >= 15 is 0 Å². The van der Waals surface area contributed by atoms with Crippen molar-refractivity contribution in [3.63, 3.8) is 0 Å². The topological polar surface area (TPSA) is 39.1 Å². The van der Waals surface area contributed by atoms with Gasteiger partial charge in [-0.1, -0.05) is 0 Å². The van der Waals surface area contributed by atoms with E-state index in [1.165, 1.54) is 0 Å². The molecule has 1 rings (SSSR count). The number of anilines is 1. The maximum absolute atomic E-state index is 5.47. The van der Waals surface area contributed by atoms with Crippen LogP contribution in [-0.2, 0) is 4.74 Å². The molecule has 0 fully saturated rings. The lowest BCUT2D eigenvalue weighted by molar-refractivity contribution is 0.0869. The lowest BCUT2D eigenvalue weighted by Crippen LogP contribution is -2.16. The van der Waals surface area contributed by atoms with E-state index < -0.39 is 0 Å². The van der Waals surface area contributed by atoms with E-state index in [1.54, 1.807) is 0 Å². The Morgan fingerprint density at radius 1 is 1.38 bits per heavy atom. The standard InChI is InChI=1S/C12H23N3O/c1-9(2)15-8-11(5)14-12(15)13-6-7-16-10(3)4/h8-10H,6-7H2,1-5H3,(H,13,14). The normalized spacial score (nSPS) is 11.4. The monoisotopic (exact) mass is 225 g/mol. The highest BCUT2D eigenvalue weighted by molar-refractivity contribution is 5.29. The summed E-state index contributed by atoms with van der Waals surface area (Å²) in [4.78, 5) is 4.44. The van der Waals surface area contributed by atoms with Crippen molar-refractivity contribution in [1.82, 2.24) is 9.55 Å². The lowest BCUT2D eigenvalue weighted by atomic mass is 10.4. The van der Waals surface area contributed by atoms with Crippen molar-refractivity contribution >= 4 is 5.95 Å². The minimum atomic E-state index is 0.286. The average Bonchev–Trinajstić information content (AvgIpc) is 2.54. The Kier molecular flexibility index (Phi) is 4.80. The van der Waals surface area contributed by atoms with Crippen LogP contribution < -0.4 is 5.32 Å². The fourth-order valence-corrected chi connectivity index (χ4v) is 1.50. The predicted octanol–water partition coefficient (Wildman–Crippen LogP) is 2.61. The molecule has 92 valence electrons. The van der Waals surface area contributed by atoms with E-state index in [4.69, 9.17) is 4.74 Å². The molecule has 0 bridgehead atoms. The summed E-state index contributed by atoms with van der Waals surface area (Å²) in [5.74, 6) is 0.930. The molecule has 0 amide bonds. The molecule has 1 aromatic rings. The smallest absolute Gasteiger partial charge is 0.203 e. The zero-order chi connectivity index (χ0) is 12.1. The molecule has 4 heteroatoms. The van der Waals surface area contributed by atoms with Crippen molar-refractivity contribution in [2.45, 2.75) is 46.8 Å². The number of nitrogens with one attached hydrogen (secondary N) is 1. The van der Waals surface area contributed by atoms with E-state index in [9.17, 15) is 0 Å². The van der Waals surface area contributed by atoms with Crippen LogP contribution in [-0.4, -0.2) is 28.8 Å². The summed E-state index contributed by atoms with van der Waals surface area (Å²) < 4.78 is 7.61. The number of imidazole rings is 1. The van der Waals surface area contributed by atoms with Crippen LogP contribution in [0.15, 0.2) is 6.20 Å². The van der Waals surface area contributed by atoms with E-state index in [1.807, 2.05) is 20.8 Å². The molecule has 0 aliphatic carbocycles. The zero-order valence-corrected chi connectivity index (χ0v) is 10.9. The lowest BCUT2D eigenvalue weighted by Gasteiger charge is -2.13. The molecule has 0 aromatic carbocycles. The molecule has 0 saturated carbocycles. The van der Waals surface area contributed by atoms with Crippen LogP contribution in [0.5, 0.6) is 0 Å². The summed E-state index contributed by atoms with van der Waals surface area (Å²) in [6, 6.07) is 0.426. The van der Waals surface area contributed by atoms with Crippen molar-refractivity contribution < 1.29 is 4.74 Å². The third-order valence-corrected chi connectivity index (χ3v) is 2.25. The SMILES string of the molecule is Cc1cn(C(C)C)c(NCCOC(C)C)n1. The first-order valence-electron chi connectivity index (χ1n) is 5.91. The number of aryl methyl sites for hydroxylation is 1. The minimum absolute atomic E-state index is 0.286. The van der Waals surface area contributed by atoms with Crippen molar-refractivity contribution in [1.29, 1.82) is 0 Å². The van der Waals surface area contributed by atoms with Crippen molar-refractivity contribution in [2.24, 2.45) is 0 Å². The highest BCUT2D eigenvalue weighted by atomic mass is 16.5. The van der Waals surface area contributed by atoms with Gasteiger partial charge in [0.1, 0.15) is 0 Å². The van der Waals surface area contributed by atoms with Gasteiger partial charge in [0, 0.05) is 18.8 Å². The van der Waals surface area contributed by atoms with Gasteiger partial charge in [-0.2, -0.15) is 0 Å². The average molecular weight is 225 g/mol. The predicted molar refractivity (Wildman–Crippen MR) is 66.9 cm³/mol. The van der Waals surface area contributed by atoms with Crippen LogP contribution in [0.3, 0.4) is 0 Å². The molecular formula is C12H23N3O. The van der Waals surface area contributed by atoms with Gasteiger partial charge in [-0.3, -0.25) is 0 Å². The van der Waals surface area contributed by atoms with E-state index in [0.717, 1.165) is 18.2 Å². The highest BCUT2D eigenvalue weighted by Gasteiger charge is 2.07. The third kappa shape index (κ3) is 3.85. The molecule has 1 heterocycles. The molecule has 0 aliphatic heterocycles. The van der Waals surface area contributed by atoms with E-state index in [2.05, 4.69) is 34.9 Å². The summed E-state index contributed by atoms with van der Waals surface area (Å²) in [5, 5.41) is 3.30. The molecule has 0 aliphatic rings. The molecule has 16 heavy (non-hydrogen) atoms. The molecule has 0 atom stereocenters. The first-order chi connectivity index (χ1) is 7.50. The van der Waals surface area contributed by atoms with E-state index in [0.29, 0.717) is 12.6 Å². The van der Waals surface area contributed by atoms with Gasteiger partial charge in [-0.25, -0.2) is 4.98 Å². The molecule has 1 N–H and O–H groups in total. The quantitative estimate of drug-likeness (QED) is 0.756. The van der Waals surface area contributed by atoms with Crippen LogP contribution in [0, 0.1) is 6.92 Å². The Hall–Kier alpha value is -1.03. The Balaban J connectivity index is 2.46. The number of hydrogen-bond acceptors (Lipinski definition) is 3. The number of ether oxygens (including phenoxy) is 1. The molecule has 0 unspecified atom stereocenters. The van der Waals surface area contributed by atoms with Gasteiger partial charge < -0.3 is 14.6 Å². The van der Waals surface area contributed by atoms with E-state index in [-0.39, 0.29) is 6.10 Å². The van der Waals surface area contributed by atoms with Crippen molar-refractivity contribution in [2.75, 3.05) is 18.5 Å². The summed E-state index contributed by atoms with van der Waals surface area (Å²) in [7, 11) is 0. The van der Waals surface area contributed by atoms with Gasteiger partial charge in [0.2, 0.25) is 5.95 Å². The largest absolute Gasteiger partial charge is 0.377 e. The van der Waals surface area contributed by atoms with Gasteiger partial charge in [-0.05, 0) is 34.6 Å². The molecule has 0 spiro atoms. The summed E-state index contributed by atoms with van der Waals surface area (Å²) in [5.41, 5.74) is 1.04. The van der Waals surface area contributed by atoms with Crippen LogP contribution in [0.4, 0.5) is 5.95 Å². The molecule has 0 saturated heterocycles. The maximum Gasteiger partial charge on any atom is 0.203 e. The zero-order valence-electron chi connectivity index (χ0n) is 10.9. The molecular weight excluding hydrogens is 202 g/mol. The van der Waals surface area contributed by atoms with Gasteiger partial charge in [0.15, 0.2) is 0 Å². The molecule has 0 radical (unpaired) electrons. The van der Waals surface area contributed by atoms with Crippen molar-refractivity contribution in [3.8, 4) is 0 Å². The highest BCUT2D eigenvalue weighted by Crippen LogP contribution is 2.14. The number of rotatable bonds is 6. The Morgan fingerprint density at radius 3 is 2.62 bits per heavy atom. The number of hydrogen-bond donors (Lipinski definition) is 1. The third-order valence-electron chi connectivity index (χ3n) is 2.25. The van der Waals surface area contributed by atoms with Crippen LogP contribution in [0.1, 0.15) is 39.4 Å². The Bertz CT molecular complexity index is 318. The fraction of sp³-hybridized carbons (Fsp3) is 0.750. The second-order valence-corrected chi connectivity index (χ2v) is 4.55. The second-order valence-electron chi connectivity index (χ2n) is 4.55. The second kappa shape index (κ2) is 5.89. The maximum atomic E-state index is 5.47. The van der Waals surface area contributed by atoms with Gasteiger partial charge >= 0.3 is 0 Å². The molecule has 1 aromatic heterocycles. The summed E-state index contributed by atoms with van der Waals surface area (Å²) >= 11 is 0.